The van der Waals surface area contributed by atoms with Crippen molar-refractivity contribution in [3.63, 3.8) is 0 Å². The third-order valence-electron chi connectivity index (χ3n) is 17.3. The summed E-state index contributed by atoms with van der Waals surface area (Å²) in [4.78, 5) is 2.64. The van der Waals surface area contributed by atoms with Gasteiger partial charge in [-0.05, 0) is 141 Å². The highest BCUT2D eigenvalue weighted by Gasteiger charge is 2.57. The summed E-state index contributed by atoms with van der Waals surface area (Å²) in [5.74, 6) is 1.77. The number of hydrogen-bond donors (Lipinski definition) is 0. The second-order valence-electron chi connectivity index (χ2n) is 20.1. The van der Waals surface area contributed by atoms with E-state index < -0.39 is 18.9 Å². The van der Waals surface area contributed by atoms with E-state index in [2.05, 4.69) is 254 Å². The van der Waals surface area contributed by atoms with Gasteiger partial charge in [-0.2, -0.15) is 0 Å². The molecule has 0 aromatic heterocycles. The monoisotopic (exact) mass is 915 g/mol. The summed E-state index contributed by atoms with van der Waals surface area (Å²) < 4.78 is 6.93. The van der Waals surface area contributed by atoms with E-state index in [0.29, 0.717) is 0 Å². The van der Waals surface area contributed by atoms with Crippen LogP contribution < -0.4 is 30.4 Å². The number of nitrogens with zero attached hydrogens (tertiary/aromatic N) is 1. The number of hydrogen-bond acceptors (Lipinski definition) is 2. The molecule has 0 N–H and O–H groups in total. The number of ether oxygens (including phenoxy) is 1. The Morgan fingerprint density at radius 3 is 1.23 bits per heavy atom. The number of para-hydroxylation sites is 3. The van der Waals surface area contributed by atoms with Crippen LogP contribution >= 0.6 is 0 Å². The van der Waals surface area contributed by atoms with Crippen molar-refractivity contribution < 1.29 is 4.74 Å². The maximum atomic E-state index is 6.93. The Labute approximate surface area is 413 Å². The normalized spacial score (nSPS) is 15.7. The average Bonchev–Trinajstić information content (AvgIpc) is 4.13. The maximum absolute atomic E-state index is 6.93. The first-order valence-corrected chi connectivity index (χ1v) is 26.9. The van der Waals surface area contributed by atoms with Crippen LogP contribution in [-0.4, -0.2) is 8.07 Å². The van der Waals surface area contributed by atoms with E-state index in [9.17, 15) is 0 Å². The number of benzene rings is 11. The van der Waals surface area contributed by atoms with Gasteiger partial charge in [0, 0.05) is 16.8 Å². The lowest BCUT2D eigenvalue weighted by Crippen LogP contribution is -2.70. The Morgan fingerprint density at radius 1 is 0.268 bits per heavy atom. The fraction of sp³-hybridized carbons (Fsp3) is 0.0294. The van der Waals surface area contributed by atoms with E-state index in [1.165, 1.54) is 116 Å². The quantitative estimate of drug-likeness (QED) is 0.152. The molecule has 0 atom stereocenters. The van der Waals surface area contributed by atoms with Gasteiger partial charge in [-0.25, -0.2) is 0 Å². The second-order valence-corrected chi connectivity index (χ2v) is 23.8. The van der Waals surface area contributed by atoms with E-state index in [0.717, 1.165) is 22.6 Å². The van der Waals surface area contributed by atoms with Crippen molar-refractivity contribution in [3.05, 3.63) is 293 Å². The van der Waals surface area contributed by atoms with Crippen LogP contribution in [-0.2, 0) is 10.8 Å². The SMILES string of the molecule is c1ccc2c(c1)Oc1ccccc1C21c2ccccc2N(c2ccc3c(c2)[Si]2(c4ccccc4-c4ccccc42)c2ccccc2-3)c2cc3c(cc21)-c1ccccc1C31c2ccccc2-c2ccccc21. The van der Waals surface area contributed by atoms with Crippen molar-refractivity contribution in [3.8, 4) is 56.0 Å². The van der Waals surface area contributed by atoms with Crippen molar-refractivity contribution >= 4 is 45.9 Å². The van der Waals surface area contributed by atoms with Crippen molar-refractivity contribution in [1.29, 1.82) is 0 Å². The molecule has 6 aliphatic rings. The molecule has 0 saturated carbocycles. The van der Waals surface area contributed by atoms with Gasteiger partial charge in [0.25, 0.3) is 0 Å². The third kappa shape index (κ3) is 4.31. The Bertz CT molecular complexity index is 4050. The zero-order chi connectivity index (χ0) is 46.2. The summed E-state index contributed by atoms with van der Waals surface area (Å²) in [5, 5.41) is 5.90. The van der Waals surface area contributed by atoms with Crippen molar-refractivity contribution in [1.82, 2.24) is 0 Å². The Morgan fingerprint density at radius 2 is 0.676 bits per heavy atom. The minimum absolute atomic E-state index is 0.525. The molecular formula is C68H41NOSi. The molecule has 0 fully saturated rings. The molecule has 0 amide bonds. The van der Waals surface area contributed by atoms with Gasteiger partial charge in [0.05, 0.1) is 22.2 Å². The zero-order valence-electron chi connectivity index (χ0n) is 38.5. The van der Waals surface area contributed by atoms with Gasteiger partial charge in [-0.1, -0.05) is 206 Å². The second kappa shape index (κ2) is 13.3. The minimum atomic E-state index is -2.77. The molecule has 17 rings (SSSR count). The van der Waals surface area contributed by atoms with Crippen LogP contribution in [0.2, 0.25) is 0 Å². The maximum Gasteiger partial charge on any atom is 0.182 e. The first-order chi connectivity index (χ1) is 35.2. The van der Waals surface area contributed by atoms with Gasteiger partial charge in [0.15, 0.2) is 8.07 Å². The average molecular weight is 916 g/mol. The summed E-state index contributed by atoms with van der Waals surface area (Å²) in [6.07, 6.45) is 0. The molecule has 3 heteroatoms. The Kier molecular flexibility index (Phi) is 7.14. The summed E-state index contributed by atoms with van der Waals surface area (Å²) in [6.45, 7) is 0. The van der Waals surface area contributed by atoms with E-state index in [1.54, 1.807) is 0 Å². The molecule has 2 aliphatic carbocycles. The highest BCUT2D eigenvalue weighted by atomic mass is 28.3. The highest BCUT2D eigenvalue weighted by molar-refractivity contribution is 7.24. The van der Waals surface area contributed by atoms with Crippen molar-refractivity contribution in [2.24, 2.45) is 0 Å². The van der Waals surface area contributed by atoms with Crippen LogP contribution in [0, 0.1) is 0 Å². The molecule has 11 aromatic carbocycles. The van der Waals surface area contributed by atoms with Crippen LogP contribution in [0.25, 0.3) is 44.5 Å². The summed E-state index contributed by atoms with van der Waals surface area (Å²) in [5.41, 5.74) is 23.0. The topological polar surface area (TPSA) is 12.5 Å². The number of rotatable bonds is 1. The first-order valence-electron chi connectivity index (χ1n) is 24.9. The lowest BCUT2D eigenvalue weighted by Gasteiger charge is -2.49. The van der Waals surface area contributed by atoms with Gasteiger partial charge in [0.2, 0.25) is 0 Å². The standard InChI is InChI=1S/C68H41NOSi/c1-7-25-51-43(19-1)44-20-2-8-26-52(44)67(51)53-27-9-3-21-45(53)50-40-58-60(41-57(50)67)69(59-31-13-10-28-54(59)68(58)55-29-11-14-32-61(55)70-62-33-15-12-30-56(62)68)42-37-38-49-48-24-6-18-36-65(48)71(66(49)39-42)63-34-16-4-22-46(63)47-23-5-17-35-64(47)71/h1-41H. The van der Waals surface area contributed by atoms with Gasteiger partial charge in [-0.3, -0.25) is 0 Å². The molecule has 71 heavy (non-hydrogen) atoms. The van der Waals surface area contributed by atoms with Gasteiger partial charge >= 0.3 is 0 Å². The summed E-state index contributed by atoms with van der Waals surface area (Å²) >= 11 is 0. The lowest BCUT2D eigenvalue weighted by molar-refractivity contribution is 0.434. The molecule has 0 radical (unpaired) electrons. The van der Waals surface area contributed by atoms with Crippen molar-refractivity contribution in [2.75, 3.05) is 4.90 Å². The largest absolute Gasteiger partial charge is 0.457 e. The molecule has 0 bridgehead atoms. The van der Waals surface area contributed by atoms with Crippen LogP contribution in [0.4, 0.5) is 17.1 Å². The Balaban J connectivity index is 1.03. The van der Waals surface area contributed by atoms with Crippen LogP contribution in [0.5, 0.6) is 11.5 Å². The Hall–Kier alpha value is -8.76. The molecule has 0 unspecified atom stereocenters. The fourth-order valence-corrected chi connectivity index (χ4v) is 20.6. The predicted octanol–water partition coefficient (Wildman–Crippen LogP) is 13.6. The number of anilines is 3. The lowest BCUT2D eigenvalue weighted by atomic mass is 9.60. The van der Waals surface area contributed by atoms with Gasteiger partial charge < -0.3 is 9.64 Å². The molecule has 3 spiro atoms. The first kappa shape index (κ1) is 38.1. The third-order valence-corrected chi connectivity index (χ3v) is 22.3. The van der Waals surface area contributed by atoms with E-state index >= 15 is 0 Å². The van der Waals surface area contributed by atoms with Crippen LogP contribution in [0.1, 0.15) is 44.5 Å². The van der Waals surface area contributed by atoms with Crippen molar-refractivity contribution in [2.45, 2.75) is 10.8 Å². The molecule has 4 aliphatic heterocycles. The molecule has 2 nitrogen and oxygen atoms in total. The summed E-state index contributed by atoms with van der Waals surface area (Å²) in [6, 6.07) is 94.9. The predicted molar refractivity (Wildman–Crippen MR) is 291 cm³/mol. The molecule has 4 heterocycles. The fourth-order valence-electron chi connectivity index (χ4n) is 14.9. The van der Waals surface area contributed by atoms with E-state index in [4.69, 9.17) is 4.74 Å². The van der Waals surface area contributed by atoms with Gasteiger partial charge in [-0.15, -0.1) is 0 Å². The van der Waals surface area contributed by atoms with E-state index in [-0.39, 0.29) is 0 Å². The summed E-state index contributed by atoms with van der Waals surface area (Å²) in [7, 11) is -2.77. The zero-order valence-corrected chi connectivity index (χ0v) is 39.5. The van der Waals surface area contributed by atoms with Gasteiger partial charge in [0.1, 0.15) is 11.5 Å². The minimum Gasteiger partial charge on any atom is -0.457 e. The molecular weight excluding hydrogens is 875 g/mol. The van der Waals surface area contributed by atoms with Crippen LogP contribution in [0.15, 0.2) is 249 Å². The molecule has 0 saturated heterocycles. The molecule has 11 aromatic rings. The number of fused-ring (bicyclic) bond motifs is 28. The molecule has 328 valence electrons. The van der Waals surface area contributed by atoms with E-state index in [1.807, 2.05) is 0 Å². The highest BCUT2D eigenvalue weighted by Crippen LogP contribution is 2.68. The smallest absolute Gasteiger partial charge is 0.182 e. The van der Waals surface area contributed by atoms with Crippen LogP contribution in [0.3, 0.4) is 0 Å².